The molecule has 10 nitrogen and oxygen atoms in total. The van der Waals surface area contributed by atoms with Gasteiger partial charge in [-0.25, -0.2) is 0 Å². The van der Waals surface area contributed by atoms with E-state index in [4.69, 9.17) is 43.3 Å². The molecule has 0 aromatic heterocycles. The molecule has 0 aromatic rings. The molecule has 1 aliphatic heterocycles. The van der Waals surface area contributed by atoms with Gasteiger partial charge in [-0.15, -0.1) is 0 Å². The third-order valence-electron chi connectivity index (χ3n) is 5.82. The third-order valence-corrected chi connectivity index (χ3v) is 30.5. The van der Waals surface area contributed by atoms with Crippen LogP contribution in [0, 0.1) is 0 Å². The van der Waals surface area contributed by atoms with Crippen molar-refractivity contribution in [3.05, 3.63) is 0 Å². The van der Waals surface area contributed by atoms with Gasteiger partial charge in [-0.3, -0.25) is 0 Å². The molecule has 0 radical (unpaired) electrons. The Hall–Kier alpha value is 1.12. The van der Waals surface area contributed by atoms with Crippen LogP contribution in [-0.4, -0.2) is 108 Å². The lowest BCUT2D eigenvalue weighted by Crippen LogP contribution is -2.60. The van der Waals surface area contributed by atoms with Gasteiger partial charge in [-0.1, -0.05) is 0 Å². The number of rotatable bonds is 22. The number of ether oxygens (including phenoxy) is 2. The number of hydrogen-bond acceptors (Lipinski definition) is 10. The van der Waals surface area contributed by atoms with Crippen molar-refractivity contribution in [2.45, 2.75) is 103 Å². The van der Waals surface area contributed by atoms with Crippen molar-refractivity contribution in [1.29, 1.82) is 0 Å². The van der Waals surface area contributed by atoms with Gasteiger partial charge in [0, 0.05) is 34.0 Å². The van der Waals surface area contributed by atoms with E-state index in [1.807, 2.05) is 0 Å². The summed E-state index contributed by atoms with van der Waals surface area (Å²) in [5.74, 6) is 0. The molecule has 17 heteroatoms. The van der Waals surface area contributed by atoms with Gasteiger partial charge >= 0.3 is 34.5 Å². The fourth-order valence-corrected chi connectivity index (χ4v) is 34.1. The first kappa shape index (κ1) is 38.1. The van der Waals surface area contributed by atoms with Gasteiger partial charge in [0.15, 0.2) is 16.6 Å². The van der Waals surface area contributed by atoms with Gasteiger partial charge in [0.2, 0.25) is 0 Å². The van der Waals surface area contributed by atoms with E-state index >= 15 is 0 Å². The highest BCUT2D eigenvalue weighted by Crippen LogP contribution is 2.33. The maximum absolute atomic E-state index is 7.18. The molecule has 0 aromatic carbocycles. The van der Waals surface area contributed by atoms with Crippen molar-refractivity contribution < 1.29 is 43.3 Å². The maximum atomic E-state index is 7.18. The zero-order valence-electron chi connectivity index (χ0n) is 27.2. The highest BCUT2D eigenvalue weighted by atomic mass is 28.5. The van der Waals surface area contributed by atoms with Crippen molar-refractivity contribution in [1.82, 2.24) is 0 Å². The van der Waals surface area contributed by atoms with E-state index in [9.17, 15) is 0 Å². The fourth-order valence-electron chi connectivity index (χ4n) is 4.68. The molecule has 0 spiro atoms. The van der Waals surface area contributed by atoms with Crippen LogP contribution in [0.25, 0.3) is 0 Å². The largest absolute Gasteiger partial charge is 0.500 e. The summed E-state index contributed by atoms with van der Waals surface area (Å²) in [6.07, 6.45) is 1.09. The first-order chi connectivity index (χ1) is 17.7. The van der Waals surface area contributed by atoms with Crippen LogP contribution in [-0.2, 0) is 43.3 Å². The van der Waals surface area contributed by atoms with E-state index in [1.165, 1.54) is 0 Å². The molecule has 1 rings (SSSR count). The third kappa shape index (κ3) is 16.5. The molecule has 1 heterocycles. The van der Waals surface area contributed by atoms with E-state index in [2.05, 4.69) is 72.0 Å². The summed E-state index contributed by atoms with van der Waals surface area (Å²) in [5, 5.41) is 0. The van der Waals surface area contributed by atoms with Crippen molar-refractivity contribution in [2.75, 3.05) is 41.2 Å². The van der Waals surface area contributed by atoms with E-state index in [-0.39, 0.29) is 6.10 Å². The van der Waals surface area contributed by atoms with Crippen molar-refractivity contribution >= 4 is 60.4 Å². The normalized spacial score (nSPS) is 20.9. The lowest BCUT2D eigenvalue weighted by atomic mass is 10.5. The topological polar surface area (TPSA) is 95.6 Å². The number of hydrogen-bond donors (Lipinski definition) is 0. The predicted octanol–water partition coefficient (Wildman–Crippen LogP) is 5.12. The van der Waals surface area contributed by atoms with Gasteiger partial charge in [-0.2, -0.15) is 0 Å². The van der Waals surface area contributed by atoms with Crippen LogP contribution in [0.2, 0.25) is 90.1 Å². The average Bonchev–Trinajstić information content (AvgIpc) is 3.55. The molecule has 234 valence electrons. The van der Waals surface area contributed by atoms with Crippen molar-refractivity contribution in [2.24, 2.45) is 0 Å². The Balaban J connectivity index is 3.21. The SMILES string of the molecule is CO[Si](CC[Si](C)(O[SiH](C)O[Si](C)(C)C)O[Si](C)(CCCOCC1CO1)O[Si](C)(C)O[Si](C)(C)C)(OC)OC. The van der Waals surface area contributed by atoms with Crippen LogP contribution in [0.15, 0.2) is 0 Å². The van der Waals surface area contributed by atoms with Gasteiger partial charge < -0.3 is 43.3 Å². The molecule has 4 unspecified atom stereocenters. The molecular formula is C22H58O10Si7. The zero-order chi connectivity index (χ0) is 30.2. The summed E-state index contributed by atoms with van der Waals surface area (Å²) in [7, 11) is -11.6. The monoisotopic (exact) mass is 678 g/mol. The van der Waals surface area contributed by atoms with E-state index in [1.54, 1.807) is 21.3 Å². The molecule has 0 aliphatic carbocycles. The van der Waals surface area contributed by atoms with Crippen LogP contribution in [0.5, 0.6) is 0 Å². The van der Waals surface area contributed by atoms with Crippen LogP contribution in [0.4, 0.5) is 0 Å². The summed E-state index contributed by atoms with van der Waals surface area (Å²) in [4.78, 5) is 0. The second kappa shape index (κ2) is 15.7. The average molecular weight is 679 g/mol. The van der Waals surface area contributed by atoms with Crippen LogP contribution in [0.1, 0.15) is 6.42 Å². The summed E-state index contributed by atoms with van der Waals surface area (Å²) in [6, 6.07) is 2.02. The van der Waals surface area contributed by atoms with Crippen LogP contribution < -0.4 is 0 Å². The standard InChI is InChI=1S/C22H58O10Si7/c1-23-39(24-2,25-3)19-18-37(13,29-33(4)28-34(5,6)7)32-38(14,17-15-16-26-20-22-21-27-22)31-36(11,12)30-35(8,9)10/h22,33H,15-21H2,1-14H3. The second-order valence-electron chi connectivity index (χ2n) is 12.9. The van der Waals surface area contributed by atoms with Crippen LogP contribution in [0.3, 0.4) is 0 Å². The van der Waals surface area contributed by atoms with E-state index in [0.29, 0.717) is 25.3 Å². The summed E-state index contributed by atoms with van der Waals surface area (Å²) < 4.78 is 62.3. The minimum atomic E-state index is -2.83. The van der Waals surface area contributed by atoms with E-state index in [0.717, 1.165) is 19.1 Å². The van der Waals surface area contributed by atoms with Gasteiger partial charge in [-0.05, 0) is 90.5 Å². The molecule has 39 heavy (non-hydrogen) atoms. The maximum Gasteiger partial charge on any atom is 0.500 e. The van der Waals surface area contributed by atoms with Gasteiger partial charge in [0.25, 0.3) is 9.28 Å². The molecule has 1 fully saturated rings. The Labute approximate surface area is 246 Å². The van der Waals surface area contributed by atoms with Crippen molar-refractivity contribution in [3.63, 3.8) is 0 Å². The highest BCUT2D eigenvalue weighted by molar-refractivity contribution is 6.90. The molecule has 0 bridgehead atoms. The Bertz CT molecular complexity index is 708. The second-order valence-corrected chi connectivity index (χ2v) is 38.3. The van der Waals surface area contributed by atoms with Crippen molar-refractivity contribution in [3.8, 4) is 0 Å². The molecule has 0 saturated carbocycles. The quantitative estimate of drug-likeness (QED) is 0.0873. The zero-order valence-corrected chi connectivity index (χ0v) is 34.3. The Morgan fingerprint density at radius 1 is 0.692 bits per heavy atom. The summed E-state index contributed by atoms with van der Waals surface area (Å²) >= 11 is 0. The van der Waals surface area contributed by atoms with Crippen LogP contribution >= 0.6 is 0 Å². The molecule has 1 saturated heterocycles. The van der Waals surface area contributed by atoms with Gasteiger partial charge in [0.1, 0.15) is 6.10 Å². The predicted molar refractivity (Wildman–Crippen MR) is 172 cm³/mol. The lowest BCUT2D eigenvalue weighted by molar-refractivity contribution is 0.115. The van der Waals surface area contributed by atoms with Gasteiger partial charge in [0.05, 0.1) is 13.2 Å². The molecule has 4 atom stereocenters. The Morgan fingerprint density at radius 2 is 1.26 bits per heavy atom. The molecule has 0 amide bonds. The first-order valence-electron chi connectivity index (χ1n) is 14.0. The molecule has 0 N–H and O–H groups in total. The highest BCUT2D eigenvalue weighted by Gasteiger charge is 2.50. The summed E-state index contributed by atoms with van der Waals surface area (Å²) in [6.45, 7) is 25.9. The lowest BCUT2D eigenvalue weighted by Gasteiger charge is -2.44. The Morgan fingerprint density at radius 3 is 1.72 bits per heavy atom. The minimum absolute atomic E-state index is 0.256. The fraction of sp³-hybridized carbons (Fsp3) is 1.00. The molecule has 1 aliphatic rings. The molecular weight excluding hydrogens is 621 g/mol. The summed E-state index contributed by atoms with van der Waals surface area (Å²) in [5.41, 5.74) is 0. The minimum Gasteiger partial charge on any atom is -0.439 e. The van der Waals surface area contributed by atoms with E-state index < -0.39 is 60.4 Å². The Kier molecular flexibility index (Phi) is 15.4. The number of epoxide rings is 1. The smallest absolute Gasteiger partial charge is 0.439 e. The first-order valence-corrected chi connectivity index (χ1v) is 32.7.